The molecule has 0 spiro atoms. The standard InChI is InChI=1S/C15H24N2O3S/c1-10-8-13(16)12(3)14(11(10)2)21(18,19)17-6-7-20-9-15(17,4)5/h8H,6-7,9,16H2,1-5H3. The number of sulfonamides is 1. The monoisotopic (exact) mass is 312 g/mol. The zero-order valence-corrected chi connectivity index (χ0v) is 14.2. The van der Waals surface area contributed by atoms with E-state index in [1.54, 1.807) is 6.92 Å². The molecule has 0 bridgehead atoms. The van der Waals surface area contributed by atoms with Crippen LogP contribution in [0.25, 0.3) is 0 Å². The number of nitrogen functional groups attached to an aromatic ring is 1. The van der Waals surface area contributed by atoms with E-state index in [9.17, 15) is 8.42 Å². The summed E-state index contributed by atoms with van der Waals surface area (Å²) in [4.78, 5) is 0.343. The van der Waals surface area contributed by atoms with E-state index in [4.69, 9.17) is 10.5 Å². The molecule has 1 saturated heterocycles. The molecule has 1 aromatic carbocycles. The van der Waals surface area contributed by atoms with E-state index in [1.165, 1.54) is 4.31 Å². The number of rotatable bonds is 2. The number of nitrogens with zero attached hydrogens (tertiary/aromatic N) is 1. The molecule has 0 saturated carbocycles. The smallest absolute Gasteiger partial charge is 0.244 e. The summed E-state index contributed by atoms with van der Waals surface area (Å²) in [6, 6.07) is 1.83. The fraction of sp³-hybridized carbons (Fsp3) is 0.600. The number of ether oxygens (including phenoxy) is 1. The van der Waals surface area contributed by atoms with Gasteiger partial charge in [0.25, 0.3) is 0 Å². The van der Waals surface area contributed by atoms with Crippen LogP contribution >= 0.6 is 0 Å². The minimum Gasteiger partial charge on any atom is -0.398 e. The van der Waals surface area contributed by atoms with Gasteiger partial charge < -0.3 is 10.5 Å². The molecule has 0 unspecified atom stereocenters. The number of benzene rings is 1. The van der Waals surface area contributed by atoms with Gasteiger partial charge in [-0.3, -0.25) is 0 Å². The summed E-state index contributed by atoms with van der Waals surface area (Å²) < 4.78 is 33.3. The van der Waals surface area contributed by atoms with Crippen LogP contribution in [0.4, 0.5) is 5.69 Å². The molecular weight excluding hydrogens is 288 g/mol. The first kappa shape index (κ1) is 16.3. The van der Waals surface area contributed by atoms with E-state index in [0.29, 0.717) is 35.9 Å². The quantitative estimate of drug-likeness (QED) is 0.848. The van der Waals surface area contributed by atoms with Crippen molar-refractivity contribution < 1.29 is 13.2 Å². The van der Waals surface area contributed by atoms with E-state index < -0.39 is 15.6 Å². The van der Waals surface area contributed by atoms with Crippen molar-refractivity contribution in [2.45, 2.75) is 45.1 Å². The number of anilines is 1. The van der Waals surface area contributed by atoms with Crippen molar-refractivity contribution in [3.63, 3.8) is 0 Å². The number of hydrogen-bond acceptors (Lipinski definition) is 4. The van der Waals surface area contributed by atoms with E-state index >= 15 is 0 Å². The van der Waals surface area contributed by atoms with Crippen LogP contribution in [0.15, 0.2) is 11.0 Å². The number of morpholine rings is 1. The third-order valence-electron chi connectivity index (χ3n) is 4.19. The van der Waals surface area contributed by atoms with Crippen molar-refractivity contribution in [2.75, 3.05) is 25.5 Å². The molecule has 0 amide bonds. The van der Waals surface area contributed by atoms with Crippen molar-refractivity contribution in [3.8, 4) is 0 Å². The Morgan fingerprint density at radius 3 is 2.43 bits per heavy atom. The highest BCUT2D eigenvalue weighted by molar-refractivity contribution is 7.89. The fourth-order valence-electron chi connectivity index (χ4n) is 2.83. The Bertz CT molecular complexity index is 640. The molecule has 1 aliphatic heterocycles. The lowest BCUT2D eigenvalue weighted by Gasteiger charge is -2.41. The van der Waals surface area contributed by atoms with Gasteiger partial charge in [0.15, 0.2) is 0 Å². The minimum atomic E-state index is -3.60. The van der Waals surface area contributed by atoms with Gasteiger partial charge in [-0.05, 0) is 57.4 Å². The number of hydrogen-bond donors (Lipinski definition) is 1. The van der Waals surface area contributed by atoms with Gasteiger partial charge in [-0.15, -0.1) is 0 Å². The largest absolute Gasteiger partial charge is 0.398 e. The van der Waals surface area contributed by atoms with Crippen LogP contribution in [-0.4, -0.2) is 38.0 Å². The number of aryl methyl sites for hydroxylation is 1. The first-order valence-corrected chi connectivity index (χ1v) is 8.50. The highest BCUT2D eigenvalue weighted by Gasteiger charge is 2.41. The average Bonchev–Trinajstić information content (AvgIpc) is 2.35. The summed E-state index contributed by atoms with van der Waals surface area (Å²) in [6.07, 6.45) is 0. The molecule has 0 atom stereocenters. The van der Waals surface area contributed by atoms with Crippen molar-refractivity contribution in [3.05, 3.63) is 22.8 Å². The molecule has 2 N–H and O–H groups in total. The van der Waals surface area contributed by atoms with Crippen molar-refractivity contribution >= 4 is 15.7 Å². The lowest BCUT2D eigenvalue weighted by atomic mass is 10.1. The Hall–Kier alpha value is -1.11. The van der Waals surface area contributed by atoms with Crippen LogP contribution in [0, 0.1) is 20.8 Å². The molecule has 1 aliphatic rings. The molecule has 118 valence electrons. The maximum Gasteiger partial charge on any atom is 0.244 e. The molecular formula is C15H24N2O3S. The van der Waals surface area contributed by atoms with Gasteiger partial charge in [0.1, 0.15) is 0 Å². The summed E-state index contributed by atoms with van der Waals surface area (Å²) in [7, 11) is -3.60. The summed E-state index contributed by atoms with van der Waals surface area (Å²) in [6.45, 7) is 10.4. The van der Waals surface area contributed by atoms with E-state index in [-0.39, 0.29) is 0 Å². The second-order valence-corrected chi connectivity index (χ2v) is 8.10. The zero-order valence-electron chi connectivity index (χ0n) is 13.4. The van der Waals surface area contributed by atoms with Gasteiger partial charge >= 0.3 is 0 Å². The topological polar surface area (TPSA) is 72.6 Å². The first-order valence-electron chi connectivity index (χ1n) is 7.06. The van der Waals surface area contributed by atoms with Crippen LogP contribution in [0.2, 0.25) is 0 Å². The molecule has 5 nitrogen and oxygen atoms in total. The molecule has 1 aromatic rings. The van der Waals surface area contributed by atoms with Gasteiger partial charge in [0, 0.05) is 12.2 Å². The summed E-state index contributed by atoms with van der Waals surface area (Å²) >= 11 is 0. The Kier molecular flexibility index (Phi) is 4.08. The summed E-state index contributed by atoms with van der Waals surface area (Å²) in [5.74, 6) is 0. The minimum absolute atomic E-state index is 0.343. The van der Waals surface area contributed by atoms with Crippen molar-refractivity contribution in [1.29, 1.82) is 0 Å². The van der Waals surface area contributed by atoms with Gasteiger partial charge in [-0.2, -0.15) is 4.31 Å². The molecule has 1 fully saturated rings. The van der Waals surface area contributed by atoms with E-state index in [2.05, 4.69) is 0 Å². The van der Waals surface area contributed by atoms with E-state index in [0.717, 1.165) is 11.1 Å². The summed E-state index contributed by atoms with van der Waals surface area (Å²) in [5.41, 5.74) is 8.22. The highest BCUT2D eigenvalue weighted by atomic mass is 32.2. The van der Waals surface area contributed by atoms with Gasteiger partial charge in [0.2, 0.25) is 10.0 Å². The molecule has 1 heterocycles. The molecule has 0 aliphatic carbocycles. The highest BCUT2D eigenvalue weighted by Crippen LogP contribution is 2.34. The SMILES string of the molecule is Cc1cc(N)c(C)c(S(=O)(=O)N2CCOCC2(C)C)c1C. The van der Waals surface area contributed by atoms with Crippen LogP contribution in [0.5, 0.6) is 0 Å². The predicted molar refractivity (Wildman–Crippen MR) is 83.9 cm³/mol. The third-order valence-corrected chi connectivity index (χ3v) is 6.58. The maximum absolute atomic E-state index is 13.2. The summed E-state index contributed by atoms with van der Waals surface area (Å²) in [5, 5.41) is 0. The molecule has 21 heavy (non-hydrogen) atoms. The van der Waals surface area contributed by atoms with Gasteiger partial charge in [-0.1, -0.05) is 0 Å². The molecule has 0 aromatic heterocycles. The second kappa shape index (κ2) is 5.26. The Labute approximate surface area is 127 Å². The number of nitrogens with two attached hydrogens (primary N) is 1. The normalized spacial score (nSPS) is 19.7. The lowest BCUT2D eigenvalue weighted by Crippen LogP contribution is -2.55. The zero-order chi connectivity index (χ0) is 16.0. The van der Waals surface area contributed by atoms with Gasteiger partial charge in [-0.25, -0.2) is 8.42 Å². The van der Waals surface area contributed by atoms with E-state index in [1.807, 2.05) is 33.8 Å². The Morgan fingerprint density at radius 1 is 1.24 bits per heavy atom. The molecule has 0 radical (unpaired) electrons. The average molecular weight is 312 g/mol. The van der Waals surface area contributed by atoms with Crippen molar-refractivity contribution in [1.82, 2.24) is 4.31 Å². The Balaban J connectivity index is 2.65. The van der Waals surface area contributed by atoms with Crippen LogP contribution in [-0.2, 0) is 14.8 Å². The Morgan fingerprint density at radius 2 is 1.86 bits per heavy atom. The lowest BCUT2D eigenvalue weighted by molar-refractivity contribution is -0.00773. The fourth-order valence-corrected chi connectivity index (χ4v) is 5.12. The van der Waals surface area contributed by atoms with Crippen LogP contribution in [0.3, 0.4) is 0 Å². The maximum atomic E-state index is 13.2. The predicted octanol–water partition coefficient (Wildman–Crippen LogP) is 1.99. The second-order valence-electron chi connectivity index (χ2n) is 6.30. The van der Waals surface area contributed by atoms with Crippen LogP contribution in [0.1, 0.15) is 30.5 Å². The van der Waals surface area contributed by atoms with Crippen molar-refractivity contribution in [2.24, 2.45) is 0 Å². The van der Waals surface area contributed by atoms with Gasteiger partial charge in [0.05, 0.1) is 23.6 Å². The third kappa shape index (κ3) is 2.67. The molecule has 2 rings (SSSR count). The van der Waals surface area contributed by atoms with Crippen LogP contribution < -0.4 is 5.73 Å². The first-order chi connectivity index (χ1) is 9.59. The molecule has 6 heteroatoms.